The molecule has 0 aromatic heterocycles. The van der Waals surface area contributed by atoms with Crippen molar-refractivity contribution in [3.8, 4) is 0 Å². The van der Waals surface area contributed by atoms with Gasteiger partial charge in [0.2, 0.25) is 0 Å². The van der Waals surface area contributed by atoms with Crippen molar-refractivity contribution in [1.29, 1.82) is 0 Å². The molecule has 0 heterocycles. The lowest BCUT2D eigenvalue weighted by Crippen LogP contribution is -2.13. The number of benzene rings is 2. The first-order valence-corrected chi connectivity index (χ1v) is 9.74. The lowest BCUT2D eigenvalue weighted by Gasteiger charge is -2.14. The third kappa shape index (κ3) is 5.13. The SMILES string of the molecule is O=Cc1ccccc1C(CCC/C=C/S(=O)(=O)c1ccccc1)C(=O)O. The van der Waals surface area contributed by atoms with Crippen LogP contribution in [-0.4, -0.2) is 25.8 Å². The summed E-state index contributed by atoms with van der Waals surface area (Å²) in [7, 11) is -3.48. The number of carbonyl (C=O) groups is 2. The van der Waals surface area contributed by atoms with Crippen molar-refractivity contribution in [2.24, 2.45) is 0 Å². The van der Waals surface area contributed by atoms with Crippen molar-refractivity contribution in [3.05, 3.63) is 77.2 Å². The van der Waals surface area contributed by atoms with Crippen LogP contribution in [0.2, 0.25) is 0 Å². The summed E-state index contributed by atoms with van der Waals surface area (Å²) >= 11 is 0. The van der Waals surface area contributed by atoms with E-state index in [1.165, 1.54) is 18.2 Å². The Bertz CT molecular complexity index is 885. The van der Waals surface area contributed by atoms with Crippen molar-refractivity contribution in [3.63, 3.8) is 0 Å². The Balaban J connectivity index is 1.99. The summed E-state index contributed by atoms with van der Waals surface area (Å²) in [5.41, 5.74) is 0.845. The second-order valence-electron chi connectivity index (χ2n) is 5.80. The number of hydrogen-bond donors (Lipinski definition) is 1. The van der Waals surface area contributed by atoms with E-state index in [4.69, 9.17) is 0 Å². The van der Waals surface area contributed by atoms with Gasteiger partial charge in [-0.2, -0.15) is 0 Å². The summed E-state index contributed by atoms with van der Waals surface area (Å²) < 4.78 is 24.2. The number of carboxylic acid groups (broad SMARTS) is 1. The summed E-state index contributed by atoms with van der Waals surface area (Å²) in [5.74, 6) is -1.80. The highest BCUT2D eigenvalue weighted by Crippen LogP contribution is 2.25. The molecule has 0 saturated carbocycles. The smallest absolute Gasteiger partial charge is 0.310 e. The highest BCUT2D eigenvalue weighted by molar-refractivity contribution is 7.94. The van der Waals surface area contributed by atoms with Crippen molar-refractivity contribution in [1.82, 2.24) is 0 Å². The molecule has 0 radical (unpaired) electrons. The summed E-state index contributed by atoms with van der Waals surface area (Å²) in [5, 5.41) is 10.6. The summed E-state index contributed by atoms with van der Waals surface area (Å²) in [6, 6.07) is 14.7. The van der Waals surface area contributed by atoms with Gasteiger partial charge in [0.1, 0.15) is 6.29 Å². The third-order valence-corrected chi connectivity index (χ3v) is 5.49. The molecule has 0 bridgehead atoms. The van der Waals surface area contributed by atoms with E-state index in [0.717, 1.165) is 5.41 Å². The number of carboxylic acids is 1. The number of rotatable bonds is 9. The van der Waals surface area contributed by atoms with Gasteiger partial charge in [-0.1, -0.05) is 48.5 Å². The first kappa shape index (κ1) is 19.6. The second-order valence-corrected chi connectivity index (χ2v) is 7.63. The van der Waals surface area contributed by atoms with E-state index in [0.29, 0.717) is 36.7 Å². The van der Waals surface area contributed by atoms with E-state index >= 15 is 0 Å². The van der Waals surface area contributed by atoms with Crippen molar-refractivity contribution >= 4 is 22.1 Å². The Morgan fingerprint density at radius 2 is 1.69 bits per heavy atom. The zero-order valence-corrected chi connectivity index (χ0v) is 14.9. The predicted octanol–water partition coefficient (Wildman–Crippen LogP) is 3.83. The minimum absolute atomic E-state index is 0.222. The highest BCUT2D eigenvalue weighted by atomic mass is 32.2. The van der Waals surface area contributed by atoms with Crippen LogP contribution >= 0.6 is 0 Å². The van der Waals surface area contributed by atoms with Crippen LogP contribution < -0.4 is 0 Å². The molecule has 136 valence electrons. The zero-order chi connectivity index (χ0) is 19.0. The van der Waals surface area contributed by atoms with Crippen LogP contribution in [0.25, 0.3) is 0 Å². The molecular formula is C20H20O5S. The monoisotopic (exact) mass is 372 g/mol. The minimum Gasteiger partial charge on any atom is -0.481 e. The molecule has 1 N–H and O–H groups in total. The molecule has 0 aliphatic rings. The van der Waals surface area contributed by atoms with Gasteiger partial charge in [0.05, 0.1) is 10.8 Å². The predicted molar refractivity (Wildman–Crippen MR) is 98.8 cm³/mol. The van der Waals surface area contributed by atoms with E-state index in [2.05, 4.69) is 0 Å². The molecule has 1 unspecified atom stereocenters. The molecule has 2 aromatic carbocycles. The number of sulfone groups is 1. The molecular weight excluding hydrogens is 352 g/mol. The van der Waals surface area contributed by atoms with Crippen LogP contribution in [0.15, 0.2) is 71.0 Å². The Hall–Kier alpha value is -2.73. The fourth-order valence-corrected chi connectivity index (χ4v) is 3.75. The number of hydrogen-bond acceptors (Lipinski definition) is 4. The van der Waals surface area contributed by atoms with Gasteiger partial charge in [-0.25, -0.2) is 8.42 Å². The average Bonchev–Trinajstić information content (AvgIpc) is 2.65. The maximum absolute atomic E-state index is 12.1. The Morgan fingerprint density at radius 3 is 2.35 bits per heavy atom. The molecule has 0 saturated heterocycles. The van der Waals surface area contributed by atoms with Gasteiger partial charge in [0.15, 0.2) is 9.84 Å². The maximum Gasteiger partial charge on any atom is 0.310 e. The van der Waals surface area contributed by atoms with Gasteiger partial charge < -0.3 is 5.11 Å². The molecule has 0 aliphatic heterocycles. The van der Waals surface area contributed by atoms with Crippen LogP contribution in [-0.2, 0) is 14.6 Å². The number of aldehydes is 1. The Labute approximate surface area is 152 Å². The van der Waals surface area contributed by atoms with E-state index in [9.17, 15) is 23.1 Å². The third-order valence-electron chi connectivity index (χ3n) is 4.01. The lowest BCUT2D eigenvalue weighted by atomic mass is 9.90. The van der Waals surface area contributed by atoms with Crippen LogP contribution in [0.1, 0.15) is 41.1 Å². The quantitative estimate of drug-likeness (QED) is 0.534. The molecule has 26 heavy (non-hydrogen) atoms. The van der Waals surface area contributed by atoms with Crippen molar-refractivity contribution < 1.29 is 23.1 Å². The fraction of sp³-hybridized carbons (Fsp3) is 0.200. The fourth-order valence-electron chi connectivity index (χ4n) is 2.67. The van der Waals surface area contributed by atoms with Gasteiger partial charge in [-0.3, -0.25) is 9.59 Å². The van der Waals surface area contributed by atoms with Crippen LogP contribution in [0.3, 0.4) is 0 Å². The van der Waals surface area contributed by atoms with Crippen molar-refractivity contribution in [2.75, 3.05) is 0 Å². The maximum atomic E-state index is 12.1. The summed E-state index contributed by atoms with van der Waals surface area (Å²) in [6.07, 6.45) is 3.42. The van der Waals surface area contributed by atoms with Crippen LogP contribution in [0.4, 0.5) is 0 Å². The van der Waals surface area contributed by atoms with Crippen molar-refractivity contribution in [2.45, 2.75) is 30.1 Å². The van der Waals surface area contributed by atoms with E-state index in [1.54, 1.807) is 42.5 Å². The molecule has 0 amide bonds. The molecule has 2 aromatic rings. The standard InChI is InChI=1S/C20H20O5S/c21-15-16-9-6-7-12-18(16)19(20(22)23)13-5-2-8-14-26(24,25)17-10-3-1-4-11-17/h1,3-4,6-12,14-15,19H,2,5,13H2,(H,22,23)/b14-8+. The molecule has 0 spiro atoms. The average molecular weight is 372 g/mol. The molecule has 5 nitrogen and oxygen atoms in total. The van der Waals surface area contributed by atoms with E-state index in [1.807, 2.05) is 0 Å². The zero-order valence-electron chi connectivity index (χ0n) is 14.1. The van der Waals surface area contributed by atoms with Gasteiger partial charge >= 0.3 is 5.97 Å². The highest BCUT2D eigenvalue weighted by Gasteiger charge is 2.21. The second kappa shape index (κ2) is 9.10. The molecule has 1 atom stereocenters. The number of carbonyl (C=O) groups excluding carboxylic acids is 1. The topological polar surface area (TPSA) is 88.5 Å². The molecule has 2 rings (SSSR count). The first-order chi connectivity index (χ1) is 12.5. The normalized spacial score (nSPS) is 12.8. The molecule has 0 aliphatic carbocycles. The van der Waals surface area contributed by atoms with Gasteiger partial charge in [-0.15, -0.1) is 0 Å². The summed E-state index contributed by atoms with van der Waals surface area (Å²) in [4.78, 5) is 22.9. The number of allylic oxidation sites excluding steroid dienone is 1. The first-order valence-electron chi connectivity index (χ1n) is 8.19. The number of aliphatic carboxylic acids is 1. The van der Waals surface area contributed by atoms with Gasteiger partial charge in [0.25, 0.3) is 0 Å². The summed E-state index contributed by atoms with van der Waals surface area (Å²) in [6.45, 7) is 0. The molecule has 0 fully saturated rings. The van der Waals surface area contributed by atoms with Gasteiger partial charge in [0, 0.05) is 11.0 Å². The van der Waals surface area contributed by atoms with Gasteiger partial charge in [-0.05, 0) is 37.0 Å². The van der Waals surface area contributed by atoms with Crippen LogP contribution in [0, 0.1) is 0 Å². The number of unbranched alkanes of at least 4 members (excludes halogenated alkanes) is 1. The minimum atomic E-state index is -3.48. The van der Waals surface area contributed by atoms with E-state index in [-0.39, 0.29) is 4.90 Å². The Kier molecular flexibility index (Phi) is 6.86. The largest absolute Gasteiger partial charge is 0.481 e. The lowest BCUT2D eigenvalue weighted by molar-refractivity contribution is -0.139. The van der Waals surface area contributed by atoms with E-state index < -0.39 is 21.7 Å². The molecule has 6 heteroatoms. The van der Waals surface area contributed by atoms with Crippen LogP contribution in [0.5, 0.6) is 0 Å². The Morgan fingerprint density at radius 1 is 1.04 bits per heavy atom.